The second kappa shape index (κ2) is 7.10. The molecule has 0 radical (unpaired) electrons. The van der Waals surface area contributed by atoms with Crippen LogP contribution in [-0.2, 0) is 9.53 Å². The molecule has 0 aliphatic carbocycles. The molecule has 0 aromatic carbocycles. The topological polar surface area (TPSA) is 84.7 Å². The van der Waals surface area contributed by atoms with Crippen molar-refractivity contribution in [2.24, 2.45) is 0 Å². The van der Waals surface area contributed by atoms with Crippen LogP contribution in [0.5, 0.6) is 0 Å². The first-order valence-corrected chi connectivity index (χ1v) is 7.25. The lowest BCUT2D eigenvalue weighted by atomic mass is 10.1. The quantitative estimate of drug-likeness (QED) is 0.837. The number of aryl methyl sites for hydroxylation is 1. The van der Waals surface area contributed by atoms with Crippen molar-refractivity contribution < 1.29 is 18.8 Å². The van der Waals surface area contributed by atoms with Crippen molar-refractivity contribution in [3.63, 3.8) is 0 Å². The molecule has 0 spiro atoms. The third-order valence-corrected chi connectivity index (χ3v) is 3.41. The third kappa shape index (κ3) is 3.96. The third-order valence-electron chi connectivity index (χ3n) is 3.41. The van der Waals surface area contributed by atoms with Crippen molar-refractivity contribution in [2.45, 2.75) is 39.2 Å². The number of hydrogen-bond donors (Lipinski definition) is 1. The highest BCUT2D eigenvalue weighted by atomic mass is 16.5. The van der Waals surface area contributed by atoms with Gasteiger partial charge in [-0.1, -0.05) is 5.16 Å². The second-order valence-electron chi connectivity index (χ2n) is 5.00. The lowest BCUT2D eigenvalue weighted by Crippen LogP contribution is -2.40. The average molecular weight is 295 g/mol. The van der Waals surface area contributed by atoms with Gasteiger partial charge in [0.1, 0.15) is 11.5 Å². The molecule has 1 atom stereocenters. The molecule has 1 aromatic heterocycles. The number of carbonyl (C=O) groups is 2. The molecule has 1 saturated heterocycles. The summed E-state index contributed by atoms with van der Waals surface area (Å²) in [4.78, 5) is 25.1. The number of amides is 2. The molecule has 2 heterocycles. The van der Waals surface area contributed by atoms with Crippen molar-refractivity contribution >= 4 is 12.0 Å². The first kappa shape index (κ1) is 15.3. The van der Waals surface area contributed by atoms with Crippen LogP contribution in [0.3, 0.4) is 0 Å². The van der Waals surface area contributed by atoms with E-state index in [9.17, 15) is 9.59 Å². The van der Waals surface area contributed by atoms with Crippen LogP contribution in [0.2, 0.25) is 0 Å². The molecular formula is C14H21N3O4. The van der Waals surface area contributed by atoms with Crippen LogP contribution in [0.1, 0.15) is 43.7 Å². The largest absolute Gasteiger partial charge is 0.466 e. The minimum Gasteiger partial charge on any atom is -0.466 e. The Bertz CT molecular complexity index is 500. The van der Waals surface area contributed by atoms with E-state index in [2.05, 4.69) is 10.5 Å². The summed E-state index contributed by atoms with van der Waals surface area (Å²) < 4.78 is 9.89. The molecule has 0 bridgehead atoms. The summed E-state index contributed by atoms with van der Waals surface area (Å²) in [5.74, 6) is 0.433. The number of ether oxygens (including phenoxy) is 1. The van der Waals surface area contributed by atoms with Crippen LogP contribution in [0.15, 0.2) is 10.6 Å². The van der Waals surface area contributed by atoms with Gasteiger partial charge in [-0.05, 0) is 26.7 Å². The van der Waals surface area contributed by atoms with Gasteiger partial charge in [0.15, 0.2) is 0 Å². The van der Waals surface area contributed by atoms with E-state index in [0.717, 1.165) is 24.3 Å². The Morgan fingerprint density at radius 2 is 2.38 bits per heavy atom. The number of rotatable bonds is 5. The SMILES string of the molecule is CCOC(=O)CCNC(=O)N1CCC[C@@H]1c1cc(C)on1. The van der Waals surface area contributed by atoms with Crippen molar-refractivity contribution in [2.75, 3.05) is 19.7 Å². The zero-order valence-corrected chi connectivity index (χ0v) is 12.4. The fourth-order valence-corrected chi connectivity index (χ4v) is 2.47. The van der Waals surface area contributed by atoms with Gasteiger partial charge in [0.25, 0.3) is 0 Å². The van der Waals surface area contributed by atoms with Gasteiger partial charge < -0.3 is 19.5 Å². The summed E-state index contributed by atoms with van der Waals surface area (Å²) in [5.41, 5.74) is 0.783. The Morgan fingerprint density at radius 1 is 1.57 bits per heavy atom. The lowest BCUT2D eigenvalue weighted by molar-refractivity contribution is -0.142. The van der Waals surface area contributed by atoms with Crippen LogP contribution in [0, 0.1) is 6.92 Å². The molecule has 116 valence electrons. The van der Waals surface area contributed by atoms with Gasteiger partial charge in [-0.3, -0.25) is 4.79 Å². The van der Waals surface area contributed by atoms with E-state index in [1.165, 1.54) is 0 Å². The molecule has 1 aliphatic heterocycles. The lowest BCUT2D eigenvalue weighted by Gasteiger charge is -2.23. The minimum absolute atomic E-state index is 0.0509. The van der Waals surface area contributed by atoms with E-state index >= 15 is 0 Å². The molecule has 0 unspecified atom stereocenters. The Morgan fingerprint density at radius 3 is 3.05 bits per heavy atom. The summed E-state index contributed by atoms with van der Waals surface area (Å²) in [6, 6.07) is 1.63. The van der Waals surface area contributed by atoms with Gasteiger partial charge in [-0.2, -0.15) is 0 Å². The Labute approximate surface area is 123 Å². The highest BCUT2D eigenvalue weighted by Gasteiger charge is 2.31. The van der Waals surface area contributed by atoms with Gasteiger partial charge in [0, 0.05) is 19.2 Å². The summed E-state index contributed by atoms with van der Waals surface area (Å²) in [5, 5.41) is 6.74. The summed E-state index contributed by atoms with van der Waals surface area (Å²) in [7, 11) is 0. The van der Waals surface area contributed by atoms with Gasteiger partial charge in [-0.15, -0.1) is 0 Å². The standard InChI is InChI=1S/C14H21N3O4/c1-3-20-13(18)6-7-15-14(19)17-8-4-5-12(17)11-9-10(2)21-16-11/h9,12H,3-8H2,1-2H3,(H,15,19)/t12-/m1/s1. The van der Waals surface area contributed by atoms with E-state index in [0.29, 0.717) is 13.2 Å². The number of urea groups is 1. The molecule has 1 aliphatic rings. The highest BCUT2D eigenvalue weighted by Crippen LogP contribution is 2.31. The Balaban J connectivity index is 1.85. The molecule has 2 amide bonds. The van der Waals surface area contributed by atoms with Gasteiger partial charge >= 0.3 is 12.0 Å². The van der Waals surface area contributed by atoms with Crippen molar-refractivity contribution in [1.82, 2.24) is 15.4 Å². The van der Waals surface area contributed by atoms with Gasteiger partial charge in [0.2, 0.25) is 0 Å². The number of nitrogens with zero attached hydrogens (tertiary/aromatic N) is 2. The monoisotopic (exact) mass is 295 g/mol. The number of hydrogen-bond acceptors (Lipinski definition) is 5. The molecule has 1 aromatic rings. The van der Waals surface area contributed by atoms with Crippen LogP contribution in [-0.4, -0.2) is 41.8 Å². The van der Waals surface area contributed by atoms with Gasteiger partial charge in [-0.25, -0.2) is 4.79 Å². The highest BCUT2D eigenvalue weighted by molar-refractivity contribution is 5.76. The van der Waals surface area contributed by atoms with E-state index in [4.69, 9.17) is 9.26 Å². The number of esters is 1. The van der Waals surface area contributed by atoms with E-state index < -0.39 is 0 Å². The zero-order valence-electron chi connectivity index (χ0n) is 12.4. The second-order valence-corrected chi connectivity index (χ2v) is 5.00. The minimum atomic E-state index is -0.303. The Kier molecular flexibility index (Phi) is 5.19. The molecule has 21 heavy (non-hydrogen) atoms. The maximum absolute atomic E-state index is 12.2. The van der Waals surface area contributed by atoms with Crippen molar-refractivity contribution in [3.05, 3.63) is 17.5 Å². The van der Waals surface area contributed by atoms with Crippen LogP contribution in [0.4, 0.5) is 4.79 Å². The van der Waals surface area contributed by atoms with E-state index in [1.807, 2.05) is 13.0 Å². The zero-order chi connectivity index (χ0) is 15.2. The first-order chi connectivity index (χ1) is 10.1. The fourth-order valence-electron chi connectivity index (χ4n) is 2.47. The number of aromatic nitrogens is 1. The average Bonchev–Trinajstić information content (AvgIpc) is 3.07. The van der Waals surface area contributed by atoms with Crippen molar-refractivity contribution in [3.8, 4) is 0 Å². The predicted molar refractivity (Wildman–Crippen MR) is 74.6 cm³/mol. The summed E-state index contributed by atoms with van der Waals surface area (Å²) >= 11 is 0. The van der Waals surface area contributed by atoms with Gasteiger partial charge in [0.05, 0.1) is 19.1 Å². The predicted octanol–water partition coefficient (Wildman–Crippen LogP) is 1.78. The number of carbonyl (C=O) groups excluding carboxylic acids is 2. The van der Waals surface area contributed by atoms with Crippen LogP contribution < -0.4 is 5.32 Å². The molecule has 0 saturated carbocycles. The van der Waals surface area contributed by atoms with E-state index in [-0.39, 0.29) is 31.0 Å². The Hall–Kier alpha value is -2.05. The molecule has 7 heteroatoms. The van der Waals surface area contributed by atoms with Crippen LogP contribution >= 0.6 is 0 Å². The summed E-state index contributed by atoms with van der Waals surface area (Å²) in [6.45, 7) is 4.90. The molecule has 1 fully saturated rings. The van der Waals surface area contributed by atoms with Crippen molar-refractivity contribution in [1.29, 1.82) is 0 Å². The molecule has 1 N–H and O–H groups in total. The number of likely N-dealkylation sites (tertiary alicyclic amines) is 1. The maximum Gasteiger partial charge on any atom is 0.317 e. The number of nitrogens with one attached hydrogen (secondary N) is 1. The molecule has 2 rings (SSSR count). The normalized spacial score (nSPS) is 17.8. The fraction of sp³-hybridized carbons (Fsp3) is 0.643. The summed E-state index contributed by atoms with van der Waals surface area (Å²) in [6.07, 6.45) is 1.99. The van der Waals surface area contributed by atoms with Crippen LogP contribution in [0.25, 0.3) is 0 Å². The van der Waals surface area contributed by atoms with E-state index in [1.54, 1.807) is 11.8 Å². The first-order valence-electron chi connectivity index (χ1n) is 7.25. The molecular weight excluding hydrogens is 274 g/mol. The molecule has 7 nitrogen and oxygen atoms in total. The maximum atomic E-state index is 12.2. The smallest absolute Gasteiger partial charge is 0.317 e.